The lowest BCUT2D eigenvalue weighted by Gasteiger charge is -2.15. The SMILES string of the molecule is CCOC(=O)c1c(NC(=O)C(C)Sc2cccc(NC(=O)/C(=C\c3cc(OC)c(OC)cc3OC)NC(=O)c3ccccc3)c2)sc2c1CCCCCC2. The molecule has 3 amide bonds. The Balaban J connectivity index is 1.35. The topological polar surface area (TPSA) is 141 Å². The fraction of sp³-hybridized carbons (Fsp3) is 0.317. The Labute approximate surface area is 323 Å². The average molecular weight is 772 g/mol. The molecule has 0 spiro atoms. The molecule has 4 aromatic rings. The van der Waals surface area contributed by atoms with Crippen LogP contribution in [-0.2, 0) is 27.2 Å². The number of hydrogen-bond acceptors (Lipinski definition) is 10. The molecule has 0 saturated carbocycles. The van der Waals surface area contributed by atoms with Gasteiger partial charge in [-0.1, -0.05) is 37.1 Å². The van der Waals surface area contributed by atoms with Gasteiger partial charge >= 0.3 is 5.97 Å². The van der Waals surface area contributed by atoms with Crippen molar-refractivity contribution < 1.29 is 38.1 Å². The van der Waals surface area contributed by atoms with Crippen LogP contribution in [0.5, 0.6) is 17.2 Å². The Morgan fingerprint density at radius 1 is 0.833 bits per heavy atom. The maximum atomic E-state index is 13.9. The van der Waals surface area contributed by atoms with E-state index in [0.717, 1.165) is 53.9 Å². The second kappa shape index (κ2) is 19.2. The number of carbonyl (C=O) groups is 4. The van der Waals surface area contributed by atoms with Crippen molar-refractivity contribution in [2.45, 2.75) is 62.5 Å². The third kappa shape index (κ3) is 10.0. The van der Waals surface area contributed by atoms with E-state index in [-0.39, 0.29) is 18.2 Å². The molecule has 1 unspecified atom stereocenters. The number of nitrogens with one attached hydrogen (secondary N) is 3. The zero-order valence-electron chi connectivity index (χ0n) is 31.0. The predicted molar refractivity (Wildman–Crippen MR) is 213 cm³/mol. The molecule has 1 atom stereocenters. The molecule has 0 fully saturated rings. The second-order valence-corrected chi connectivity index (χ2v) is 14.9. The quantitative estimate of drug-likeness (QED) is 0.0658. The molecule has 54 heavy (non-hydrogen) atoms. The van der Waals surface area contributed by atoms with Crippen LogP contribution in [0.25, 0.3) is 6.08 Å². The number of methoxy groups -OCH3 is 3. The molecule has 1 aliphatic carbocycles. The number of aryl methyl sites for hydroxylation is 1. The maximum Gasteiger partial charge on any atom is 0.341 e. The first kappa shape index (κ1) is 39.9. The van der Waals surface area contributed by atoms with Crippen LogP contribution in [0.15, 0.2) is 77.3 Å². The van der Waals surface area contributed by atoms with Crippen molar-refractivity contribution in [3.8, 4) is 17.2 Å². The summed E-state index contributed by atoms with van der Waals surface area (Å²) in [4.78, 5) is 55.6. The normalized spacial score (nSPS) is 13.3. The fourth-order valence-corrected chi connectivity index (χ4v) is 8.21. The zero-order chi connectivity index (χ0) is 38.6. The lowest BCUT2D eigenvalue weighted by Crippen LogP contribution is -2.30. The molecular formula is C41H45N3O8S2. The Morgan fingerprint density at radius 2 is 1.54 bits per heavy atom. The van der Waals surface area contributed by atoms with E-state index < -0.39 is 23.0 Å². The van der Waals surface area contributed by atoms with E-state index in [9.17, 15) is 19.2 Å². The van der Waals surface area contributed by atoms with Gasteiger partial charge in [-0.3, -0.25) is 14.4 Å². The van der Waals surface area contributed by atoms with Crippen LogP contribution in [0.4, 0.5) is 10.7 Å². The molecule has 5 rings (SSSR count). The van der Waals surface area contributed by atoms with Gasteiger partial charge in [0.2, 0.25) is 5.91 Å². The van der Waals surface area contributed by atoms with Crippen LogP contribution in [0.1, 0.15) is 76.3 Å². The van der Waals surface area contributed by atoms with Crippen LogP contribution in [0.2, 0.25) is 0 Å². The summed E-state index contributed by atoms with van der Waals surface area (Å²) in [6.45, 7) is 3.81. The van der Waals surface area contributed by atoms with Crippen LogP contribution in [0, 0.1) is 0 Å². The first-order valence-electron chi connectivity index (χ1n) is 17.7. The van der Waals surface area contributed by atoms with E-state index in [1.807, 2.05) is 6.07 Å². The van der Waals surface area contributed by atoms with E-state index in [0.29, 0.717) is 44.6 Å². The van der Waals surface area contributed by atoms with Crippen LogP contribution < -0.4 is 30.2 Å². The molecule has 1 heterocycles. The number of amides is 3. The second-order valence-electron chi connectivity index (χ2n) is 12.4. The number of benzene rings is 3. The molecule has 3 aromatic carbocycles. The monoisotopic (exact) mass is 771 g/mol. The number of fused-ring (bicyclic) bond motifs is 1. The minimum absolute atomic E-state index is 0.0531. The molecule has 3 N–H and O–H groups in total. The van der Waals surface area contributed by atoms with E-state index in [1.165, 1.54) is 50.5 Å². The van der Waals surface area contributed by atoms with E-state index in [2.05, 4.69) is 16.0 Å². The van der Waals surface area contributed by atoms with Crippen molar-refractivity contribution in [2.24, 2.45) is 0 Å². The van der Waals surface area contributed by atoms with Gasteiger partial charge in [0.1, 0.15) is 16.4 Å². The van der Waals surface area contributed by atoms with Gasteiger partial charge in [0, 0.05) is 32.7 Å². The smallest absolute Gasteiger partial charge is 0.341 e. The number of thioether (sulfide) groups is 1. The molecule has 1 aromatic heterocycles. The largest absolute Gasteiger partial charge is 0.496 e. The summed E-state index contributed by atoms with van der Waals surface area (Å²) in [5, 5.41) is 8.62. The zero-order valence-corrected chi connectivity index (χ0v) is 32.7. The van der Waals surface area contributed by atoms with Crippen LogP contribution in [0.3, 0.4) is 0 Å². The van der Waals surface area contributed by atoms with Gasteiger partial charge in [-0.05, 0) is 87.6 Å². The Morgan fingerprint density at radius 3 is 2.24 bits per heavy atom. The van der Waals surface area contributed by atoms with Crippen molar-refractivity contribution in [3.63, 3.8) is 0 Å². The highest BCUT2D eigenvalue weighted by molar-refractivity contribution is 8.00. The highest BCUT2D eigenvalue weighted by Crippen LogP contribution is 2.39. The lowest BCUT2D eigenvalue weighted by atomic mass is 9.96. The number of carbonyl (C=O) groups excluding carboxylic acids is 4. The maximum absolute atomic E-state index is 13.9. The highest BCUT2D eigenvalue weighted by Gasteiger charge is 2.28. The number of esters is 1. The van der Waals surface area contributed by atoms with Crippen molar-refractivity contribution >= 4 is 63.6 Å². The average Bonchev–Trinajstić information content (AvgIpc) is 3.49. The first-order valence-corrected chi connectivity index (χ1v) is 19.4. The fourth-order valence-electron chi connectivity index (χ4n) is 6.01. The third-order valence-electron chi connectivity index (χ3n) is 8.73. The standard InChI is InChI=1S/C41H45N3O8S2/c1-6-52-41(48)36-30-19-12-7-8-13-20-35(30)54-40(36)44-37(45)25(2)53-29-18-14-17-28(23-29)42-39(47)31(43-38(46)26-15-10-9-11-16-26)21-27-22-33(50-4)34(51-5)24-32(27)49-3/h9-11,14-18,21-25H,6-8,12-13,19-20H2,1-5H3,(H,42,47)(H,43,46)(H,44,45)/b31-21+. The highest BCUT2D eigenvalue weighted by atomic mass is 32.2. The van der Waals surface area contributed by atoms with E-state index in [1.54, 1.807) is 74.5 Å². The predicted octanol–water partition coefficient (Wildman–Crippen LogP) is 8.14. The van der Waals surface area contributed by atoms with Crippen LogP contribution in [-0.4, -0.2) is 56.9 Å². The number of thiophene rings is 1. The lowest BCUT2D eigenvalue weighted by molar-refractivity contribution is -0.115. The van der Waals surface area contributed by atoms with Gasteiger partial charge in [0.05, 0.1) is 38.7 Å². The number of rotatable bonds is 14. The summed E-state index contributed by atoms with van der Waals surface area (Å²) in [5.74, 6) is -0.514. The van der Waals surface area contributed by atoms with Crippen molar-refractivity contribution in [1.29, 1.82) is 0 Å². The van der Waals surface area contributed by atoms with E-state index in [4.69, 9.17) is 18.9 Å². The molecule has 0 aliphatic heterocycles. The Kier molecular flexibility index (Phi) is 14.2. The Bertz CT molecular complexity index is 2010. The minimum atomic E-state index is -0.594. The van der Waals surface area contributed by atoms with Crippen molar-refractivity contribution in [2.75, 3.05) is 38.6 Å². The minimum Gasteiger partial charge on any atom is -0.496 e. The number of anilines is 2. The van der Waals surface area contributed by atoms with E-state index >= 15 is 0 Å². The van der Waals surface area contributed by atoms with Gasteiger partial charge in [0.15, 0.2) is 11.5 Å². The molecule has 13 heteroatoms. The molecule has 11 nitrogen and oxygen atoms in total. The van der Waals surface area contributed by atoms with Gasteiger partial charge < -0.3 is 34.9 Å². The summed E-state index contributed by atoms with van der Waals surface area (Å²) >= 11 is 2.77. The molecule has 0 saturated heterocycles. The Hall–Kier alpha value is -5.27. The third-order valence-corrected chi connectivity index (χ3v) is 11.0. The molecule has 284 valence electrons. The van der Waals surface area contributed by atoms with Gasteiger partial charge in [-0.15, -0.1) is 23.1 Å². The number of ether oxygens (including phenoxy) is 4. The molecule has 1 aliphatic rings. The summed E-state index contributed by atoms with van der Waals surface area (Å²) in [6.07, 6.45) is 7.45. The summed E-state index contributed by atoms with van der Waals surface area (Å²) in [7, 11) is 4.49. The summed E-state index contributed by atoms with van der Waals surface area (Å²) in [6, 6.07) is 18.9. The van der Waals surface area contributed by atoms with Crippen LogP contribution >= 0.6 is 23.1 Å². The van der Waals surface area contributed by atoms with Crippen molar-refractivity contribution in [1.82, 2.24) is 5.32 Å². The van der Waals surface area contributed by atoms with Crippen molar-refractivity contribution in [3.05, 3.63) is 99.6 Å². The number of hydrogen-bond donors (Lipinski definition) is 3. The van der Waals surface area contributed by atoms with Gasteiger partial charge in [0.25, 0.3) is 11.8 Å². The molecule has 0 bridgehead atoms. The van der Waals surface area contributed by atoms with Gasteiger partial charge in [-0.2, -0.15) is 0 Å². The summed E-state index contributed by atoms with van der Waals surface area (Å²) in [5.41, 5.74) is 2.69. The summed E-state index contributed by atoms with van der Waals surface area (Å²) < 4.78 is 21.8. The first-order chi connectivity index (χ1) is 26.1. The molecular weight excluding hydrogens is 727 g/mol. The van der Waals surface area contributed by atoms with Gasteiger partial charge in [-0.25, -0.2) is 4.79 Å². The molecule has 0 radical (unpaired) electrons.